The lowest BCUT2D eigenvalue weighted by Gasteiger charge is -2.16. The molecular weight excluding hydrogens is 330 g/mol. The predicted molar refractivity (Wildman–Crippen MR) is 112 cm³/mol. The van der Waals surface area contributed by atoms with Crippen LogP contribution in [-0.4, -0.2) is 11.9 Å². The Hall–Kier alpha value is -2.87. The highest BCUT2D eigenvalue weighted by molar-refractivity contribution is 5.95. The fourth-order valence-corrected chi connectivity index (χ4v) is 3.29. The Morgan fingerprint density at radius 2 is 1.30 bits per heavy atom. The topological polar surface area (TPSA) is 29.1 Å². The van der Waals surface area contributed by atoms with E-state index < -0.39 is 0 Å². The summed E-state index contributed by atoms with van der Waals surface area (Å²) in [7, 11) is 0. The van der Waals surface area contributed by atoms with Gasteiger partial charge >= 0.3 is 0 Å². The molecular formula is C25H27NO. The van der Waals surface area contributed by atoms with Gasteiger partial charge in [-0.25, -0.2) is 0 Å². The van der Waals surface area contributed by atoms with Crippen LogP contribution in [0.15, 0.2) is 84.9 Å². The highest BCUT2D eigenvalue weighted by Crippen LogP contribution is 2.14. The van der Waals surface area contributed by atoms with Crippen molar-refractivity contribution in [1.29, 1.82) is 0 Å². The third-order valence-electron chi connectivity index (χ3n) is 4.87. The van der Waals surface area contributed by atoms with Gasteiger partial charge in [0.2, 0.25) is 0 Å². The molecule has 0 aromatic heterocycles. The van der Waals surface area contributed by atoms with Gasteiger partial charge in [-0.1, -0.05) is 78.9 Å². The van der Waals surface area contributed by atoms with E-state index in [0.717, 1.165) is 36.8 Å². The van der Waals surface area contributed by atoms with Gasteiger partial charge in [0.1, 0.15) is 0 Å². The van der Waals surface area contributed by atoms with Crippen molar-refractivity contribution < 1.29 is 4.79 Å². The molecule has 0 saturated heterocycles. The molecule has 3 aromatic carbocycles. The molecule has 1 N–H and O–H groups in total. The summed E-state index contributed by atoms with van der Waals surface area (Å²) in [5.74, 6) is 0.0271. The first kappa shape index (κ1) is 18.9. The average Bonchev–Trinajstić information content (AvgIpc) is 2.72. The van der Waals surface area contributed by atoms with Gasteiger partial charge in [-0.05, 0) is 55.4 Å². The van der Waals surface area contributed by atoms with Crippen molar-refractivity contribution in [3.63, 3.8) is 0 Å². The molecule has 0 radical (unpaired) electrons. The summed E-state index contributed by atoms with van der Waals surface area (Å²) >= 11 is 0. The fraction of sp³-hybridized carbons (Fsp3) is 0.240. The monoisotopic (exact) mass is 357 g/mol. The van der Waals surface area contributed by atoms with Gasteiger partial charge in [0, 0.05) is 11.6 Å². The van der Waals surface area contributed by atoms with Crippen LogP contribution in [-0.2, 0) is 19.3 Å². The largest absolute Gasteiger partial charge is 0.350 e. The summed E-state index contributed by atoms with van der Waals surface area (Å²) in [5.41, 5.74) is 4.50. The molecule has 0 spiro atoms. The Balaban J connectivity index is 1.57. The number of nitrogens with one attached hydrogen (secondary N) is 1. The maximum absolute atomic E-state index is 12.8. The van der Waals surface area contributed by atoms with Gasteiger partial charge in [-0.15, -0.1) is 0 Å². The van der Waals surface area contributed by atoms with Crippen molar-refractivity contribution in [3.8, 4) is 0 Å². The molecule has 2 heteroatoms. The lowest BCUT2D eigenvalue weighted by Crippen LogP contribution is -2.33. The second-order valence-corrected chi connectivity index (χ2v) is 7.04. The third kappa shape index (κ3) is 5.82. The molecule has 0 aliphatic heterocycles. The number of hydrogen-bond donors (Lipinski definition) is 1. The Labute approximate surface area is 162 Å². The lowest BCUT2D eigenvalue weighted by atomic mass is 9.99. The van der Waals surface area contributed by atoms with E-state index in [1.807, 2.05) is 30.3 Å². The van der Waals surface area contributed by atoms with Crippen LogP contribution in [0.1, 0.15) is 40.4 Å². The number of carbonyl (C=O) groups is 1. The minimum Gasteiger partial charge on any atom is -0.350 e. The molecule has 1 atom stereocenters. The molecule has 0 unspecified atom stereocenters. The van der Waals surface area contributed by atoms with E-state index in [4.69, 9.17) is 0 Å². The van der Waals surface area contributed by atoms with E-state index in [2.05, 4.69) is 66.8 Å². The summed E-state index contributed by atoms with van der Waals surface area (Å²) in [6.07, 6.45) is 3.71. The quantitative estimate of drug-likeness (QED) is 0.588. The molecule has 0 aliphatic carbocycles. The second kappa shape index (κ2) is 9.72. The number of carbonyl (C=O) groups excluding carboxylic acids is 1. The summed E-state index contributed by atoms with van der Waals surface area (Å²) in [6.45, 7) is 2.08. The normalized spacial score (nSPS) is 11.7. The molecule has 2 nitrogen and oxygen atoms in total. The molecule has 0 aliphatic rings. The zero-order chi connectivity index (χ0) is 18.9. The SMILES string of the molecule is C[C@H](CCc1ccccc1)NC(=O)c1ccccc1CCc1ccccc1. The first-order valence-electron chi connectivity index (χ1n) is 9.69. The maximum atomic E-state index is 12.8. The zero-order valence-electron chi connectivity index (χ0n) is 15.9. The smallest absolute Gasteiger partial charge is 0.251 e. The molecule has 1 amide bonds. The van der Waals surface area contributed by atoms with E-state index in [1.165, 1.54) is 11.1 Å². The molecule has 3 rings (SSSR count). The van der Waals surface area contributed by atoms with Gasteiger partial charge in [0.15, 0.2) is 0 Å². The minimum absolute atomic E-state index is 0.0271. The minimum atomic E-state index is 0.0271. The van der Waals surface area contributed by atoms with Crippen molar-refractivity contribution in [2.45, 2.75) is 38.6 Å². The van der Waals surface area contributed by atoms with E-state index >= 15 is 0 Å². The lowest BCUT2D eigenvalue weighted by molar-refractivity contribution is 0.0937. The van der Waals surface area contributed by atoms with Crippen LogP contribution in [0.4, 0.5) is 0 Å². The molecule has 0 fully saturated rings. The van der Waals surface area contributed by atoms with E-state index in [1.54, 1.807) is 0 Å². The number of aryl methyl sites for hydroxylation is 3. The van der Waals surface area contributed by atoms with Crippen LogP contribution in [0.3, 0.4) is 0 Å². The highest BCUT2D eigenvalue weighted by Gasteiger charge is 2.13. The van der Waals surface area contributed by atoms with E-state index in [0.29, 0.717) is 0 Å². The Morgan fingerprint density at radius 3 is 1.96 bits per heavy atom. The van der Waals surface area contributed by atoms with Crippen LogP contribution in [0.25, 0.3) is 0 Å². The Bertz CT molecular complexity index is 842. The van der Waals surface area contributed by atoms with Crippen LogP contribution in [0.5, 0.6) is 0 Å². The van der Waals surface area contributed by atoms with Gasteiger partial charge in [-0.2, -0.15) is 0 Å². The number of amides is 1. The van der Waals surface area contributed by atoms with Crippen molar-refractivity contribution >= 4 is 5.91 Å². The van der Waals surface area contributed by atoms with Gasteiger partial charge in [0.05, 0.1) is 0 Å². The van der Waals surface area contributed by atoms with Crippen LogP contribution in [0.2, 0.25) is 0 Å². The first-order chi connectivity index (χ1) is 13.2. The molecule has 3 aromatic rings. The maximum Gasteiger partial charge on any atom is 0.251 e. The standard InChI is InChI=1S/C25H27NO/c1-20(16-17-21-10-4-2-5-11-21)26-25(27)24-15-9-8-14-23(24)19-18-22-12-6-3-7-13-22/h2-15,20H,16-19H2,1H3,(H,26,27)/t20-/m1/s1. The van der Waals surface area contributed by atoms with Gasteiger partial charge in [0.25, 0.3) is 5.91 Å². The van der Waals surface area contributed by atoms with Crippen molar-refractivity contribution in [2.75, 3.05) is 0 Å². The van der Waals surface area contributed by atoms with E-state index in [-0.39, 0.29) is 11.9 Å². The van der Waals surface area contributed by atoms with Crippen molar-refractivity contribution in [2.24, 2.45) is 0 Å². The van der Waals surface area contributed by atoms with Crippen molar-refractivity contribution in [3.05, 3.63) is 107 Å². The Kier molecular flexibility index (Phi) is 6.81. The number of hydrogen-bond acceptors (Lipinski definition) is 1. The predicted octanol–water partition coefficient (Wildman–Crippen LogP) is 5.22. The molecule has 138 valence electrons. The van der Waals surface area contributed by atoms with Gasteiger partial charge in [-0.3, -0.25) is 4.79 Å². The van der Waals surface area contributed by atoms with Crippen LogP contribution >= 0.6 is 0 Å². The number of rotatable bonds is 8. The molecule has 0 saturated carbocycles. The van der Waals surface area contributed by atoms with E-state index in [9.17, 15) is 4.79 Å². The fourth-order valence-electron chi connectivity index (χ4n) is 3.29. The number of benzene rings is 3. The first-order valence-corrected chi connectivity index (χ1v) is 9.69. The average molecular weight is 357 g/mol. The van der Waals surface area contributed by atoms with Crippen LogP contribution < -0.4 is 5.32 Å². The van der Waals surface area contributed by atoms with Crippen LogP contribution in [0, 0.1) is 0 Å². The van der Waals surface area contributed by atoms with Crippen molar-refractivity contribution in [1.82, 2.24) is 5.32 Å². The Morgan fingerprint density at radius 1 is 0.741 bits per heavy atom. The zero-order valence-corrected chi connectivity index (χ0v) is 15.9. The summed E-state index contributed by atoms with van der Waals surface area (Å²) in [5, 5.41) is 3.17. The summed E-state index contributed by atoms with van der Waals surface area (Å²) in [6, 6.07) is 28.9. The molecule has 27 heavy (non-hydrogen) atoms. The van der Waals surface area contributed by atoms with Gasteiger partial charge < -0.3 is 5.32 Å². The molecule has 0 bridgehead atoms. The summed E-state index contributed by atoms with van der Waals surface area (Å²) in [4.78, 5) is 12.8. The highest BCUT2D eigenvalue weighted by atomic mass is 16.1. The summed E-state index contributed by atoms with van der Waals surface area (Å²) < 4.78 is 0. The third-order valence-corrected chi connectivity index (χ3v) is 4.87. The second-order valence-electron chi connectivity index (χ2n) is 7.04. The molecule has 0 heterocycles.